The molecule has 4 unspecified atom stereocenters. The third-order valence-corrected chi connectivity index (χ3v) is 4.44. The van der Waals surface area contributed by atoms with Crippen LogP contribution >= 0.6 is 0 Å². The fraction of sp³-hybridized carbons (Fsp3) is 0.846. The van der Waals surface area contributed by atoms with Crippen molar-refractivity contribution in [3.8, 4) is 0 Å². The van der Waals surface area contributed by atoms with Gasteiger partial charge in [0.1, 0.15) is 12.2 Å². The largest absolute Gasteiger partial charge is 0.375 e. The Labute approximate surface area is 108 Å². The van der Waals surface area contributed by atoms with Crippen molar-refractivity contribution >= 4 is 0 Å². The molecule has 1 aromatic heterocycles. The van der Waals surface area contributed by atoms with Gasteiger partial charge >= 0.3 is 0 Å². The molecule has 0 amide bonds. The highest BCUT2D eigenvalue weighted by atomic mass is 16.5. The zero-order chi connectivity index (χ0) is 12.5. The molecule has 18 heavy (non-hydrogen) atoms. The van der Waals surface area contributed by atoms with Gasteiger partial charge in [-0.2, -0.15) is 5.10 Å². The first-order valence-corrected chi connectivity index (χ1v) is 7.01. The molecular formula is C13H22N4O. The molecule has 2 aliphatic heterocycles. The van der Waals surface area contributed by atoms with Gasteiger partial charge in [0.25, 0.3) is 0 Å². The smallest absolute Gasteiger partial charge is 0.138 e. The van der Waals surface area contributed by atoms with E-state index in [9.17, 15) is 0 Å². The predicted molar refractivity (Wildman–Crippen MR) is 68.2 cm³/mol. The van der Waals surface area contributed by atoms with Crippen molar-refractivity contribution in [3.05, 3.63) is 12.2 Å². The lowest BCUT2D eigenvalue weighted by atomic mass is 9.82. The molecule has 0 aromatic carbocycles. The van der Waals surface area contributed by atoms with Crippen molar-refractivity contribution in [2.75, 3.05) is 7.05 Å². The minimum absolute atomic E-state index is 0.454. The second-order valence-electron chi connectivity index (χ2n) is 5.36. The van der Waals surface area contributed by atoms with Gasteiger partial charge in [-0.05, 0) is 33.2 Å². The van der Waals surface area contributed by atoms with E-state index in [1.165, 1.54) is 19.3 Å². The zero-order valence-corrected chi connectivity index (χ0v) is 11.2. The van der Waals surface area contributed by atoms with E-state index >= 15 is 0 Å². The van der Waals surface area contributed by atoms with Crippen LogP contribution in [0.25, 0.3) is 0 Å². The number of nitrogens with one attached hydrogen (secondary N) is 1. The fourth-order valence-electron chi connectivity index (χ4n) is 3.48. The molecule has 4 atom stereocenters. The van der Waals surface area contributed by atoms with E-state index in [0.717, 1.165) is 18.8 Å². The van der Waals surface area contributed by atoms with Crippen LogP contribution in [0.15, 0.2) is 6.33 Å². The SMILES string of the molecule is CCn1ncnc1CC(NC)C1CC2CCC1O2. The molecule has 3 heterocycles. The third kappa shape index (κ3) is 2.06. The van der Waals surface area contributed by atoms with E-state index in [0.29, 0.717) is 24.2 Å². The van der Waals surface area contributed by atoms with Crippen LogP contribution in [-0.4, -0.2) is 40.1 Å². The highest BCUT2D eigenvalue weighted by molar-refractivity contribution is 4.99. The summed E-state index contributed by atoms with van der Waals surface area (Å²) >= 11 is 0. The monoisotopic (exact) mass is 250 g/mol. The standard InChI is InChI=1S/C13H22N4O/c1-3-17-13(15-8-16-17)7-11(14-2)10-6-9-4-5-12(10)18-9/h8-12,14H,3-7H2,1-2H3. The first kappa shape index (κ1) is 12.1. The Hall–Kier alpha value is -0.940. The van der Waals surface area contributed by atoms with Crippen LogP contribution in [0.4, 0.5) is 0 Å². The molecule has 3 rings (SSSR count). The maximum absolute atomic E-state index is 5.96. The van der Waals surface area contributed by atoms with Gasteiger partial charge in [0.05, 0.1) is 12.2 Å². The first-order chi connectivity index (χ1) is 8.81. The number of fused-ring (bicyclic) bond motifs is 2. The van der Waals surface area contributed by atoms with Crippen LogP contribution in [-0.2, 0) is 17.7 Å². The Morgan fingerprint density at radius 1 is 1.56 bits per heavy atom. The molecule has 2 aliphatic rings. The molecule has 1 N–H and O–H groups in total. The summed E-state index contributed by atoms with van der Waals surface area (Å²) in [5.41, 5.74) is 0. The average Bonchev–Trinajstić information content (AvgIpc) is 3.11. The summed E-state index contributed by atoms with van der Waals surface area (Å²) < 4.78 is 7.95. The second kappa shape index (κ2) is 4.97. The van der Waals surface area contributed by atoms with Gasteiger partial charge in [-0.3, -0.25) is 4.68 Å². The number of nitrogens with zero attached hydrogens (tertiary/aromatic N) is 3. The van der Waals surface area contributed by atoms with E-state index in [2.05, 4.69) is 22.3 Å². The van der Waals surface area contributed by atoms with E-state index < -0.39 is 0 Å². The minimum atomic E-state index is 0.454. The van der Waals surface area contributed by atoms with Crippen molar-refractivity contribution in [1.29, 1.82) is 0 Å². The Bertz CT molecular complexity index is 405. The quantitative estimate of drug-likeness (QED) is 0.847. The maximum Gasteiger partial charge on any atom is 0.138 e. The average molecular weight is 250 g/mol. The van der Waals surface area contributed by atoms with Crippen molar-refractivity contribution in [2.24, 2.45) is 5.92 Å². The van der Waals surface area contributed by atoms with Crippen LogP contribution in [0.2, 0.25) is 0 Å². The lowest BCUT2D eigenvalue weighted by Gasteiger charge is -2.27. The maximum atomic E-state index is 5.96. The first-order valence-electron chi connectivity index (χ1n) is 7.01. The summed E-state index contributed by atoms with van der Waals surface area (Å²) in [6.45, 7) is 2.99. The summed E-state index contributed by atoms with van der Waals surface area (Å²) in [6.07, 6.45) is 7.27. The zero-order valence-electron chi connectivity index (χ0n) is 11.2. The summed E-state index contributed by atoms with van der Waals surface area (Å²) in [6, 6.07) is 0.454. The van der Waals surface area contributed by atoms with E-state index in [-0.39, 0.29) is 0 Å². The molecule has 2 fully saturated rings. The van der Waals surface area contributed by atoms with E-state index in [1.807, 2.05) is 11.7 Å². The number of hydrogen-bond donors (Lipinski definition) is 1. The van der Waals surface area contributed by atoms with Gasteiger partial charge in [-0.1, -0.05) is 0 Å². The van der Waals surface area contributed by atoms with Gasteiger partial charge < -0.3 is 10.1 Å². The number of likely N-dealkylation sites (N-methyl/N-ethyl adjacent to an activating group) is 1. The van der Waals surface area contributed by atoms with Gasteiger partial charge in [-0.25, -0.2) is 4.98 Å². The topological polar surface area (TPSA) is 52.0 Å². The molecule has 5 nitrogen and oxygen atoms in total. The molecule has 2 saturated heterocycles. The number of ether oxygens (including phenoxy) is 1. The Balaban J connectivity index is 1.69. The van der Waals surface area contributed by atoms with Crippen LogP contribution in [0, 0.1) is 5.92 Å². The van der Waals surface area contributed by atoms with Crippen LogP contribution in [0.3, 0.4) is 0 Å². The molecule has 0 spiro atoms. The van der Waals surface area contributed by atoms with Gasteiger partial charge in [-0.15, -0.1) is 0 Å². The lowest BCUT2D eigenvalue weighted by Crippen LogP contribution is -2.41. The number of hydrogen-bond acceptors (Lipinski definition) is 4. The summed E-state index contributed by atoms with van der Waals surface area (Å²) in [5.74, 6) is 1.72. The van der Waals surface area contributed by atoms with Gasteiger partial charge in [0.15, 0.2) is 0 Å². The molecule has 2 bridgehead atoms. The third-order valence-electron chi connectivity index (χ3n) is 4.44. The molecular weight excluding hydrogens is 228 g/mol. The Kier molecular flexibility index (Phi) is 3.35. The number of aryl methyl sites for hydroxylation is 1. The summed E-state index contributed by atoms with van der Waals surface area (Å²) in [4.78, 5) is 4.38. The van der Waals surface area contributed by atoms with Crippen LogP contribution in [0.5, 0.6) is 0 Å². The Morgan fingerprint density at radius 2 is 2.44 bits per heavy atom. The lowest BCUT2D eigenvalue weighted by molar-refractivity contribution is 0.0861. The number of aromatic nitrogens is 3. The highest BCUT2D eigenvalue weighted by Crippen LogP contribution is 2.40. The second-order valence-corrected chi connectivity index (χ2v) is 5.36. The molecule has 0 aliphatic carbocycles. The van der Waals surface area contributed by atoms with Gasteiger partial charge in [0, 0.05) is 24.9 Å². The van der Waals surface area contributed by atoms with Crippen molar-refractivity contribution in [1.82, 2.24) is 20.1 Å². The summed E-state index contributed by atoms with van der Waals surface area (Å²) in [7, 11) is 2.04. The predicted octanol–water partition coefficient (Wildman–Crippen LogP) is 0.996. The van der Waals surface area contributed by atoms with E-state index in [1.54, 1.807) is 6.33 Å². The normalized spacial score (nSPS) is 32.0. The van der Waals surface area contributed by atoms with Crippen LogP contribution in [0.1, 0.15) is 32.0 Å². The fourth-order valence-corrected chi connectivity index (χ4v) is 3.48. The van der Waals surface area contributed by atoms with Crippen molar-refractivity contribution in [2.45, 2.75) is 57.4 Å². The van der Waals surface area contributed by atoms with Crippen LogP contribution < -0.4 is 5.32 Å². The molecule has 0 radical (unpaired) electrons. The molecule has 100 valence electrons. The molecule has 0 saturated carbocycles. The Morgan fingerprint density at radius 3 is 3.06 bits per heavy atom. The number of rotatable bonds is 5. The van der Waals surface area contributed by atoms with Crippen molar-refractivity contribution in [3.63, 3.8) is 0 Å². The van der Waals surface area contributed by atoms with Gasteiger partial charge in [0.2, 0.25) is 0 Å². The minimum Gasteiger partial charge on any atom is -0.375 e. The molecule has 5 heteroatoms. The highest BCUT2D eigenvalue weighted by Gasteiger charge is 2.44. The molecule has 1 aromatic rings. The summed E-state index contributed by atoms with van der Waals surface area (Å²) in [5, 5.41) is 7.70. The van der Waals surface area contributed by atoms with E-state index in [4.69, 9.17) is 4.74 Å². The van der Waals surface area contributed by atoms with Crippen molar-refractivity contribution < 1.29 is 4.74 Å².